The highest BCUT2D eigenvalue weighted by atomic mass is 19.1. The van der Waals surface area contributed by atoms with Gasteiger partial charge in [0.2, 0.25) is 0 Å². The van der Waals surface area contributed by atoms with Crippen molar-refractivity contribution in [3.63, 3.8) is 0 Å². The summed E-state index contributed by atoms with van der Waals surface area (Å²) in [5, 5.41) is 0. The molecule has 148 valence electrons. The fourth-order valence-electron chi connectivity index (χ4n) is 3.93. The number of allylic oxidation sites excluding steroid dienone is 2. The van der Waals surface area contributed by atoms with Crippen LogP contribution in [-0.4, -0.2) is 14.5 Å². The summed E-state index contributed by atoms with van der Waals surface area (Å²) in [4.78, 5) is 20.5. The van der Waals surface area contributed by atoms with E-state index >= 15 is 0 Å². The van der Waals surface area contributed by atoms with E-state index in [2.05, 4.69) is 23.0 Å². The summed E-state index contributed by atoms with van der Waals surface area (Å²) in [6.45, 7) is 1.79. The molecule has 4 nitrogen and oxygen atoms in total. The lowest BCUT2D eigenvalue weighted by atomic mass is 9.97. The number of fused-ring (bicyclic) bond motifs is 2. The van der Waals surface area contributed by atoms with Crippen LogP contribution in [0.1, 0.15) is 23.6 Å². The second kappa shape index (κ2) is 6.99. The molecule has 0 atom stereocenters. The van der Waals surface area contributed by atoms with Gasteiger partial charge in [0.05, 0.1) is 12.7 Å². The Morgan fingerprint density at radius 1 is 1.03 bits per heavy atom. The second-order valence-electron chi connectivity index (χ2n) is 7.41. The van der Waals surface area contributed by atoms with Gasteiger partial charge in [-0.25, -0.2) is 18.7 Å². The molecule has 0 saturated heterocycles. The van der Waals surface area contributed by atoms with E-state index < -0.39 is 17.2 Å². The van der Waals surface area contributed by atoms with E-state index in [-0.39, 0.29) is 17.8 Å². The van der Waals surface area contributed by atoms with E-state index in [1.165, 1.54) is 34.0 Å². The number of benzene rings is 2. The minimum absolute atomic E-state index is 0.183. The molecule has 2 aromatic heterocycles. The highest BCUT2D eigenvalue weighted by Crippen LogP contribution is 2.32. The molecule has 0 unspecified atom stereocenters. The van der Waals surface area contributed by atoms with Crippen molar-refractivity contribution in [3.05, 3.63) is 99.6 Å². The molecule has 0 N–H and O–H groups in total. The SMILES string of the molecule is CC1=CCc2cc(-c3cc(F)c(Cn4c(=O)cnc5cccnc54)c(F)c3)ccc21. The van der Waals surface area contributed by atoms with Gasteiger partial charge in [-0.15, -0.1) is 0 Å². The Hall–Kier alpha value is -3.67. The average molecular weight is 401 g/mol. The number of pyridine rings is 1. The van der Waals surface area contributed by atoms with Gasteiger partial charge < -0.3 is 0 Å². The average Bonchev–Trinajstić information content (AvgIpc) is 3.12. The first-order chi connectivity index (χ1) is 14.5. The third kappa shape index (κ3) is 3.01. The minimum Gasteiger partial charge on any atom is -0.285 e. The second-order valence-corrected chi connectivity index (χ2v) is 7.41. The predicted molar refractivity (Wildman–Crippen MR) is 112 cm³/mol. The van der Waals surface area contributed by atoms with Crippen LogP contribution in [0.3, 0.4) is 0 Å². The lowest BCUT2D eigenvalue weighted by Gasteiger charge is -2.12. The van der Waals surface area contributed by atoms with Gasteiger partial charge in [-0.05, 0) is 65.4 Å². The monoisotopic (exact) mass is 401 g/mol. The summed E-state index contributed by atoms with van der Waals surface area (Å²) >= 11 is 0. The number of aromatic nitrogens is 3. The fraction of sp³-hybridized carbons (Fsp3) is 0.125. The highest BCUT2D eigenvalue weighted by molar-refractivity contribution is 5.76. The summed E-state index contributed by atoms with van der Waals surface area (Å²) in [6, 6.07) is 11.9. The molecule has 4 aromatic rings. The summed E-state index contributed by atoms with van der Waals surface area (Å²) in [5.41, 5.74) is 4.88. The Morgan fingerprint density at radius 2 is 1.83 bits per heavy atom. The molecule has 1 aliphatic carbocycles. The van der Waals surface area contributed by atoms with Crippen LogP contribution in [0.15, 0.2) is 65.7 Å². The first kappa shape index (κ1) is 18.4. The van der Waals surface area contributed by atoms with Gasteiger partial charge in [0, 0.05) is 11.8 Å². The Labute approximate surface area is 171 Å². The number of rotatable bonds is 3. The smallest absolute Gasteiger partial charge is 0.270 e. The van der Waals surface area contributed by atoms with Crippen molar-refractivity contribution in [1.29, 1.82) is 0 Å². The zero-order valence-electron chi connectivity index (χ0n) is 16.2. The largest absolute Gasteiger partial charge is 0.285 e. The summed E-state index contributed by atoms with van der Waals surface area (Å²) in [6.07, 6.45) is 5.61. The molecule has 1 aliphatic rings. The molecular formula is C24H17F2N3O. The molecule has 0 radical (unpaired) electrons. The molecule has 2 heterocycles. The normalized spacial score (nSPS) is 12.8. The number of nitrogens with zero attached hydrogens (tertiary/aromatic N) is 3. The molecule has 2 aromatic carbocycles. The van der Waals surface area contributed by atoms with Crippen LogP contribution < -0.4 is 5.56 Å². The van der Waals surface area contributed by atoms with Crippen molar-refractivity contribution < 1.29 is 8.78 Å². The molecule has 6 heteroatoms. The van der Waals surface area contributed by atoms with Crippen LogP contribution in [0.4, 0.5) is 8.78 Å². The molecule has 0 amide bonds. The summed E-state index contributed by atoms with van der Waals surface area (Å²) in [7, 11) is 0. The standard InChI is InChI=1S/C24H17F2N3O/c1-14-4-5-16-9-15(6-7-18(14)16)17-10-20(25)19(21(26)11-17)13-29-23(30)12-28-22-3-2-8-27-24(22)29/h2-4,6-12H,5,13H2,1H3. The van der Waals surface area contributed by atoms with Crippen LogP contribution in [0.2, 0.25) is 0 Å². The molecule has 0 bridgehead atoms. The summed E-state index contributed by atoms with van der Waals surface area (Å²) in [5.74, 6) is -1.40. The van der Waals surface area contributed by atoms with Crippen molar-refractivity contribution >= 4 is 16.7 Å². The number of halogens is 2. The zero-order chi connectivity index (χ0) is 20.8. The van der Waals surface area contributed by atoms with Gasteiger partial charge in [0.1, 0.15) is 17.2 Å². The predicted octanol–water partition coefficient (Wildman–Crippen LogP) is 4.74. The summed E-state index contributed by atoms with van der Waals surface area (Å²) < 4.78 is 31.1. The van der Waals surface area contributed by atoms with Crippen molar-refractivity contribution in [1.82, 2.24) is 14.5 Å². The van der Waals surface area contributed by atoms with Gasteiger partial charge in [0.15, 0.2) is 5.65 Å². The van der Waals surface area contributed by atoms with Crippen molar-refractivity contribution in [3.8, 4) is 11.1 Å². The fourth-order valence-corrected chi connectivity index (χ4v) is 3.93. The minimum atomic E-state index is -0.701. The van der Waals surface area contributed by atoms with Crippen LogP contribution in [0.5, 0.6) is 0 Å². The Kier molecular flexibility index (Phi) is 4.28. The van der Waals surface area contributed by atoms with Crippen LogP contribution in [0, 0.1) is 11.6 Å². The van der Waals surface area contributed by atoms with E-state index in [0.717, 1.165) is 23.7 Å². The Bertz CT molecular complexity index is 1380. The molecular weight excluding hydrogens is 384 g/mol. The first-order valence-electron chi connectivity index (χ1n) is 9.60. The topological polar surface area (TPSA) is 47.8 Å². The van der Waals surface area contributed by atoms with Crippen molar-refractivity contribution in [2.75, 3.05) is 0 Å². The molecule has 0 fully saturated rings. The zero-order valence-corrected chi connectivity index (χ0v) is 16.2. The number of hydrogen-bond acceptors (Lipinski definition) is 3. The van der Waals surface area contributed by atoms with Gasteiger partial charge >= 0.3 is 0 Å². The van der Waals surface area contributed by atoms with Crippen molar-refractivity contribution in [2.24, 2.45) is 0 Å². The maximum atomic E-state index is 14.9. The van der Waals surface area contributed by atoms with Crippen LogP contribution in [0.25, 0.3) is 27.9 Å². The molecule has 30 heavy (non-hydrogen) atoms. The van der Waals surface area contributed by atoms with Crippen LogP contribution in [-0.2, 0) is 13.0 Å². The molecule has 0 aliphatic heterocycles. The van der Waals surface area contributed by atoms with E-state index in [4.69, 9.17) is 0 Å². The lowest BCUT2D eigenvalue weighted by molar-refractivity contribution is 0.544. The van der Waals surface area contributed by atoms with Gasteiger partial charge in [-0.2, -0.15) is 0 Å². The van der Waals surface area contributed by atoms with Crippen molar-refractivity contribution in [2.45, 2.75) is 19.9 Å². The van der Waals surface area contributed by atoms with Crippen LogP contribution >= 0.6 is 0 Å². The van der Waals surface area contributed by atoms with Gasteiger partial charge in [-0.3, -0.25) is 9.36 Å². The van der Waals surface area contributed by atoms with E-state index in [9.17, 15) is 13.6 Å². The van der Waals surface area contributed by atoms with E-state index in [1.807, 2.05) is 18.2 Å². The third-order valence-corrected chi connectivity index (χ3v) is 5.55. The molecule has 0 spiro atoms. The highest BCUT2D eigenvalue weighted by Gasteiger charge is 2.17. The Balaban J connectivity index is 1.55. The third-order valence-electron chi connectivity index (χ3n) is 5.55. The van der Waals surface area contributed by atoms with Gasteiger partial charge in [-0.1, -0.05) is 24.3 Å². The van der Waals surface area contributed by atoms with E-state index in [1.54, 1.807) is 12.1 Å². The molecule has 5 rings (SSSR count). The molecule has 0 saturated carbocycles. The first-order valence-corrected chi connectivity index (χ1v) is 9.60. The number of hydrogen-bond donors (Lipinski definition) is 0. The van der Waals surface area contributed by atoms with Gasteiger partial charge in [0.25, 0.3) is 5.56 Å². The maximum Gasteiger partial charge on any atom is 0.270 e. The lowest BCUT2D eigenvalue weighted by Crippen LogP contribution is -2.23. The maximum absolute atomic E-state index is 14.9. The quantitative estimate of drug-likeness (QED) is 0.498. The van der Waals surface area contributed by atoms with E-state index in [0.29, 0.717) is 11.1 Å². The Morgan fingerprint density at radius 3 is 2.63 bits per heavy atom.